The average Bonchev–Trinajstić information content (AvgIpc) is 2.95. The highest BCUT2D eigenvalue weighted by Crippen LogP contribution is 2.37. The number of hydrogen-bond donors (Lipinski definition) is 3. The molecule has 25 heavy (non-hydrogen) atoms. The molecule has 130 valence electrons. The van der Waals surface area contributed by atoms with Gasteiger partial charge >= 0.3 is 5.97 Å². The predicted molar refractivity (Wildman–Crippen MR) is 103 cm³/mol. The van der Waals surface area contributed by atoms with E-state index in [1.54, 1.807) is 30.3 Å². The molecule has 0 atom stereocenters. The maximum atomic E-state index is 11.3. The maximum Gasteiger partial charge on any atom is 0.335 e. The fourth-order valence-electron chi connectivity index (χ4n) is 3.01. The van der Waals surface area contributed by atoms with Gasteiger partial charge in [0.15, 0.2) is 0 Å². The van der Waals surface area contributed by atoms with Crippen molar-refractivity contribution in [3.63, 3.8) is 0 Å². The Balaban J connectivity index is 2.20. The molecular weight excluding hydrogens is 359 g/mol. The van der Waals surface area contributed by atoms with E-state index in [0.717, 1.165) is 47.0 Å². The molecule has 0 aliphatic rings. The van der Waals surface area contributed by atoms with Gasteiger partial charge in [0.05, 0.1) is 11.3 Å². The number of aromatic nitrogens is 1. The number of H-pyrrole nitrogens is 1. The second-order valence-electron chi connectivity index (χ2n) is 5.91. The minimum atomic E-state index is -0.946. The second-order valence-corrected chi connectivity index (χ2v) is 6.76. The second kappa shape index (κ2) is 7.48. The van der Waals surface area contributed by atoms with Crippen molar-refractivity contribution in [2.75, 3.05) is 6.54 Å². The van der Waals surface area contributed by atoms with Gasteiger partial charge < -0.3 is 15.8 Å². The molecule has 0 unspecified atom stereocenters. The summed E-state index contributed by atoms with van der Waals surface area (Å²) in [4.78, 5) is 14.7. The molecule has 4 nitrogen and oxygen atoms in total. The molecule has 0 fully saturated rings. The Hall–Kier alpha value is -2.01. The molecule has 3 rings (SSSR count). The zero-order valence-electron chi connectivity index (χ0n) is 13.5. The minimum Gasteiger partial charge on any atom is -0.478 e. The molecule has 0 aliphatic carbocycles. The van der Waals surface area contributed by atoms with E-state index in [1.165, 1.54) is 0 Å². The predicted octanol–water partition coefficient (Wildman–Crippen LogP) is 5.12. The van der Waals surface area contributed by atoms with Crippen molar-refractivity contribution in [2.24, 2.45) is 5.73 Å². The van der Waals surface area contributed by atoms with Gasteiger partial charge in [-0.05, 0) is 67.8 Å². The Morgan fingerprint density at radius 2 is 1.92 bits per heavy atom. The number of nitrogens with one attached hydrogen (secondary N) is 1. The summed E-state index contributed by atoms with van der Waals surface area (Å²) in [5.41, 5.74) is 9.47. The summed E-state index contributed by atoms with van der Waals surface area (Å²) in [6, 6.07) is 10.4. The zero-order chi connectivity index (χ0) is 18.0. The monoisotopic (exact) mass is 376 g/mol. The van der Waals surface area contributed by atoms with Gasteiger partial charge in [-0.15, -0.1) is 0 Å². The summed E-state index contributed by atoms with van der Waals surface area (Å²) in [5.74, 6) is -0.946. The van der Waals surface area contributed by atoms with Gasteiger partial charge in [0.25, 0.3) is 0 Å². The third-order valence-electron chi connectivity index (χ3n) is 4.23. The summed E-state index contributed by atoms with van der Waals surface area (Å²) >= 11 is 12.5. The van der Waals surface area contributed by atoms with E-state index in [0.29, 0.717) is 16.6 Å². The molecule has 2 aromatic carbocycles. The first-order valence-electron chi connectivity index (χ1n) is 8.04. The Morgan fingerprint density at radius 1 is 1.12 bits per heavy atom. The normalized spacial score (nSPS) is 11.2. The lowest BCUT2D eigenvalue weighted by Gasteiger charge is -2.08. The van der Waals surface area contributed by atoms with Crippen LogP contribution in [0.15, 0.2) is 36.4 Å². The number of fused-ring (bicyclic) bond motifs is 1. The Bertz CT molecular complexity index is 935. The van der Waals surface area contributed by atoms with Crippen LogP contribution in [0.5, 0.6) is 0 Å². The number of nitrogens with two attached hydrogens (primary N) is 1. The van der Waals surface area contributed by atoms with Crippen molar-refractivity contribution < 1.29 is 9.90 Å². The standard InChI is InChI=1S/C19H18Cl2N2O2/c20-12-5-6-16(21)15(10-12)18-13(3-1-2-8-22)14-9-11(19(24)25)4-7-17(14)23-18/h4-7,9-10,23H,1-3,8,22H2,(H,24,25). The van der Waals surface area contributed by atoms with Crippen LogP contribution < -0.4 is 5.73 Å². The number of hydrogen-bond acceptors (Lipinski definition) is 2. The highest BCUT2D eigenvalue weighted by Gasteiger charge is 2.17. The third kappa shape index (κ3) is 3.66. The number of carbonyl (C=O) groups is 1. The Labute approximate surface area is 155 Å². The van der Waals surface area contributed by atoms with Gasteiger partial charge in [-0.25, -0.2) is 4.79 Å². The highest BCUT2D eigenvalue weighted by molar-refractivity contribution is 6.35. The summed E-state index contributed by atoms with van der Waals surface area (Å²) in [6.07, 6.45) is 2.58. The van der Waals surface area contributed by atoms with Gasteiger partial charge in [-0.2, -0.15) is 0 Å². The summed E-state index contributed by atoms with van der Waals surface area (Å²) in [7, 11) is 0. The first-order chi connectivity index (χ1) is 12.0. The van der Waals surface area contributed by atoms with E-state index in [4.69, 9.17) is 28.9 Å². The number of unbranched alkanes of at least 4 members (excludes halogenated alkanes) is 1. The van der Waals surface area contributed by atoms with E-state index in [2.05, 4.69) is 4.98 Å². The number of carboxylic acids is 1. The van der Waals surface area contributed by atoms with Crippen LogP contribution in [0.4, 0.5) is 0 Å². The zero-order valence-corrected chi connectivity index (χ0v) is 15.0. The van der Waals surface area contributed by atoms with Crippen LogP contribution in [0, 0.1) is 0 Å². The molecule has 0 saturated heterocycles. The number of aromatic amines is 1. The van der Waals surface area contributed by atoms with Crippen molar-refractivity contribution in [1.29, 1.82) is 0 Å². The van der Waals surface area contributed by atoms with E-state index in [9.17, 15) is 9.90 Å². The molecule has 0 saturated carbocycles. The van der Waals surface area contributed by atoms with Gasteiger partial charge in [0.1, 0.15) is 0 Å². The highest BCUT2D eigenvalue weighted by atomic mass is 35.5. The van der Waals surface area contributed by atoms with Crippen LogP contribution in [-0.4, -0.2) is 22.6 Å². The van der Waals surface area contributed by atoms with Crippen molar-refractivity contribution in [3.8, 4) is 11.3 Å². The molecule has 4 N–H and O–H groups in total. The van der Waals surface area contributed by atoms with Crippen LogP contribution in [0.1, 0.15) is 28.8 Å². The molecule has 1 heterocycles. The quantitative estimate of drug-likeness (QED) is 0.522. The fourth-order valence-corrected chi connectivity index (χ4v) is 3.39. The Kier molecular flexibility index (Phi) is 5.33. The first kappa shape index (κ1) is 17.8. The van der Waals surface area contributed by atoms with Crippen molar-refractivity contribution in [3.05, 3.63) is 57.6 Å². The molecule has 0 amide bonds. The molecule has 1 aromatic heterocycles. The lowest BCUT2D eigenvalue weighted by atomic mass is 9.99. The van der Waals surface area contributed by atoms with Crippen molar-refractivity contribution in [1.82, 2.24) is 4.98 Å². The summed E-state index contributed by atoms with van der Waals surface area (Å²) in [6.45, 7) is 0.621. The Morgan fingerprint density at radius 3 is 2.64 bits per heavy atom. The van der Waals surface area contributed by atoms with Gasteiger partial charge in [0.2, 0.25) is 0 Å². The molecule has 0 radical (unpaired) electrons. The van der Waals surface area contributed by atoms with Crippen LogP contribution >= 0.6 is 23.2 Å². The number of carboxylic acid groups (broad SMARTS) is 1. The molecule has 6 heteroatoms. The number of rotatable bonds is 6. The van der Waals surface area contributed by atoms with E-state index in [-0.39, 0.29) is 5.56 Å². The van der Waals surface area contributed by atoms with Crippen LogP contribution in [-0.2, 0) is 6.42 Å². The van der Waals surface area contributed by atoms with Gasteiger partial charge in [-0.1, -0.05) is 23.2 Å². The third-order valence-corrected chi connectivity index (χ3v) is 4.80. The molecule has 3 aromatic rings. The molecule has 0 spiro atoms. The van der Waals surface area contributed by atoms with E-state index >= 15 is 0 Å². The fraction of sp³-hybridized carbons (Fsp3) is 0.211. The van der Waals surface area contributed by atoms with Crippen LogP contribution in [0.3, 0.4) is 0 Å². The van der Waals surface area contributed by atoms with Crippen LogP contribution in [0.25, 0.3) is 22.2 Å². The smallest absolute Gasteiger partial charge is 0.335 e. The number of aromatic carboxylic acids is 1. The van der Waals surface area contributed by atoms with E-state index < -0.39 is 5.97 Å². The summed E-state index contributed by atoms with van der Waals surface area (Å²) in [5, 5.41) is 11.4. The first-order valence-corrected chi connectivity index (χ1v) is 8.80. The topological polar surface area (TPSA) is 79.1 Å². The number of aryl methyl sites for hydroxylation is 1. The number of halogens is 2. The lowest BCUT2D eigenvalue weighted by molar-refractivity contribution is 0.0697. The van der Waals surface area contributed by atoms with Gasteiger partial charge in [-0.3, -0.25) is 0 Å². The van der Waals surface area contributed by atoms with Crippen molar-refractivity contribution in [2.45, 2.75) is 19.3 Å². The molecular formula is C19H18Cl2N2O2. The molecule has 0 aliphatic heterocycles. The average molecular weight is 377 g/mol. The van der Waals surface area contributed by atoms with Crippen molar-refractivity contribution >= 4 is 40.1 Å². The lowest BCUT2D eigenvalue weighted by Crippen LogP contribution is -1.99. The van der Waals surface area contributed by atoms with E-state index in [1.807, 2.05) is 6.07 Å². The summed E-state index contributed by atoms with van der Waals surface area (Å²) < 4.78 is 0. The maximum absolute atomic E-state index is 11.3. The largest absolute Gasteiger partial charge is 0.478 e. The SMILES string of the molecule is NCCCCc1c(-c2cc(Cl)ccc2Cl)[nH]c2ccc(C(=O)O)cc12. The van der Waals surface area contributed by atoms with Crippen LogP contribution in [0.2, 0.25) is 10.0 Å². The van der Waals surface area contributed by atoms with Gasteiger partial charge in [0, 0.05) is 26.5 Å². The minimum absolute atomic E-state index is 0.260. The molecule has 0 bridgehead atoms. The number of benzene rings is 2.